The van der Waals surface area contributed by atoms with Gasteiger partial charge in [-0.3, -0.25) is 4.79 Å². The van der Waals surface area contributed by atoms with Gasteiger partial charge >= 0.3 is 0 Å². The number of anilines is 1. The Kier molecular flexibility index (Phi) is 4.96. The van der Waals surface area contributed by atoms with E-state index in [2.05, 4.69) is 29.2 Å². The van der Waals surface area contributed by atoms with Gasteiger partial charge in [-0.2, -0.15) is 5.10 Å². The highest BCUT2D eigenvalue weighted by atomic mass is 16.1. The van der Waals surface area contributed by atoms with Crippen molar-refractivity contribution in [2.24, 2.45) is 5.92 Å². The smallest absolute Gasteiger partial charge is 0.268 e. The van der Waals surface area contributed by atoms with Gasteiger partial charge in [0.2, 0.25) is 0 Å². The van der Waals surface area contributed by atoms with Gasteiger partial charge in [-0.1, -0.05) is 13.8 Å². The molecule has 2 rings (SSSR count). The van der Waals surface area contributed by atoms with E-state index in [1.807, 2.05) is 6.20 Å². The molecule has 1 fully saturated rings. The number of rotatable bonds is 5. The molecule has 2 heterocycles. The second-order valence-corrected chi connectivity index (χ2v) is 5.32. The quantitative estimate of drug-likeness (QED) is 0.809. The van der Waals surface area contributed by atoms with E-state index in [0.717, 1.165) is 31.9 Å². The average molecular weight is 264 g/mol. The topological polar surface area (TPSA) is 50.2 Å². The third-order valence-corrected chi connectivity index (χ3v) is 3.63. The van der Waals surface area contributed by atoms with Crippen LogP contribution in [0, 0.1) is 5.92 Å². The molecule has 5 nitrogen and oxygen atoms in total. The van der Waals surface area contributed by atoms with Gasteiger partial charge in [0, 0.05) is 25.7 Å². The Balaban J connectivity index is 2.03. The summed E-state index contributed by atoms with van der Waals surface area (Å²) in [5.74, 6) is 0.699. The van der Waals surface area contributed by atoms with Crippen LogP contribution in [0.4, 0.5) is 5.69 Å². The Morgan fingerprint density at radius 2 is 2.37 bits per heavy atom. The first kappa shape index (κ1) is 14.1. The predicted octanol–water partition coefficient (Wildman–Crippen LogP) is 1.09. The average Bonchev–Trinajstić information content (AvgIpc) is 2.41. The number of nitrogens with one attached hydrogen (secondary N) is 1. The zero-order valence-electron chi connectivity index (χ0n) is 11.9. The summed E-state index contributed by atoms with van der Waals surface area (Å²) in [5, 5.41) is 7.47. The first-order valence-corrected chi connectivity index (χ1v) is 7.23. The van der Waals surface area contributed by atoms with Crippen LogP contribution in [0.25, 0.3) is 0 Å². The lowest BCUT2D eigenvalue weighted by molar-refractivity contribution is 0.445. The molecule has 0 spiro atoms. The van der Waals surface area contributed by atoms with Crippen molar-refractivity contribution < 1.29 is 0 Å². The van der Waals surface area contributed by atoms with Crippen molar-refractivity contribution in [3.8, 4) is 0 Å². The van der Waals surface area contributed by atoms with Crippen LogP contribution in [0.15, 0.2) is 17.1 Å². The van der Waals surface area contributed by atoms with E-state index in [1.54, 1.807) is 6.07 Å². The minimum absolute atomic E-state index is 0.00590. The molecule has 5 heteroatoms. The van der Waals surface area contributed by atoms with Crippen molar-refractivity contribution in [1.29, 1.82) is 0 Å². The van der Waals surface area contributed by atoms with E-state index in [4.69, 9.17) is 0 Å². The third-order valence-electron chi connectivity index (χ3n) is 3.63. The fourth-order valence-corrected chi connectivity index (χ4v) is 2.55. The van der Waals surface area contributed by atoms with Crippen molar-refractivity contribution in [3.63, 3.8) is 0 Å². The summed E-state index contributed by atoms with van der Waals surface area (Å²) in [7, 11) is 0. The molecular weight excluding hydrogens is 240 g/mol. The lowest BCUT2D eigenvalue weighted by atomic mass is 10.00. The van der Waals surface area contributed by atoms with Gasteiger partial charge in [0.25, 0.3) is 5.56 Å². The standard InChI is InChI=1S/C14H24N4O/c1-3-15-6-8-18-14(19)9-13(10-16-18)17-7-4-5-12(2)11-17/h9-10,12,15H,3-8,11H2,1-2H3. The molecule has 1 aromatic rings. The number of aromatic nitrogens is 2. The highest BCUT2D eigenvalue weighted by molar-refractivity contribution is 5.43. The summed E-state index contributed by atoms with van der Waals surface area (Å²) in [6, 6.07) is 1.72. The second kappa shape index (κ2) is 6.70. The lowest BCUT2D eigenvalue weighted by Gasteiger charge is -2.32. The van der Waals surface area contributed by atoms with E-state index in [1.165, 1.54) is 17.5 Å². The molecule has 0 radical (unpaired) electrons. The minimum atomic E-state index is -0.00590. The van der Waals surface area contributed by atoms with Crippen LogP contribution in [0.3, 0.4) is 0 Å². The Bertz CT molecular complexity index is 457. The summed E-state index contributed by atoms with van der Waals surface area (Å²) >= 11 is 0. The molecule has 1 atom stereocenters. The van der Waals surface area contributed by atoms with E-state index in [-0.39, 0.29) is 5.56 Å². The number of nitrogens with zero attached hydrogens (tertiary/aromatic N) is 3. The summed E-state index contributed by atoms with van der Waals surface area (Å²) in [4.78, 5) is 14.3. The first-order chi connectivity index (χ1) is 9.20. The molecule has 1 unspecified atom stereocenters. The van der Waals surface area contributed by atoms with Crippen molar-refractivity contribution in [3.05, 3.63) is 22.6 Å². The second-order valence-electron chi connectivity index (χ2n) is 5.32. The van der Waals surface area contributed by atoms with E-state index >= 15 is 0 Å². The van der Waals surface area contributed by atoms with Crippen LogP contribution in [-0.4, -0.2) is 36.0 Å². The van der Waals surface area contributed by atoms with E-state index < -0.39 is 0 Å². The van der Waals surface area contributed by atoms with Crippen molar-refractivity contribution in [1.82, 2.24) is 15.1 Å². The van der Waals surface area contributed by atoms with Gasteiger partial charge in [0.1, 0.15) is 0 Å². The summed E-state index contributed by atoms with van der Waals surface area (Å²) in [6.45, 7) is 8.70. The molecule has 0 aliphatic carbocycles. The highest BCUT2D eigenvalue weighted by Crippen LogP contribution is 2.20. The maximum atomic E-state index is 12.0. The number of hydrogen-bond donors (Lipinski definition) is 1. The lowest BCUT2D eigenvalue weighted by Crippen LogP contribution is -2.36. The van der Waals surface area contributed by atoms with Crippen LogP contribution < -0.4 is 15.8 Å². The number of hydrogen-bond acceptors (Lipinski definition) is 4. The molecule has 1 aliphatic rings. The zero-order valence-corrected chi connectivity index (χ0v) is 11.9. The molecule has 0 amide bonds. The highest BCUT2D eigenvalue weighted by Gasteiger charge is 2.17. The molecule has 1 saturated heterocycles. The monoisotopic (exact) mass is 264 g/mol. The van der Waals surface area contributed by atoms with Gasteiger partial charge in [0.15, 0.2) is 0 Å². The normalized spacial score (nSPS) is 19.7. The van der Waals surface area contributed by atoms with Crippen LogP contribution in [0.1, 0.15) is 26.7 Å². The van der Waals surface area contributed by atoms with Crippen LogP contribution in [0.5, 0.6) is 0 Å². The Labute approximate surface area is 114 Å². The summed E-state index contributed by atoms with van der Waals surface area (Å²) in [5.41, 5.74) is 0.963. The summed E-state index contributed by atoms with van der Waals surface area (Å²) in [6.07, 6.45) is 4.31. The molecule has 0 bridgehead atoms. The summed E-state index contributed by atoms with van der Waals surface area (Å²) < 4.78 is 1.53. The van der Waals surface area contributed by atoms with Crippen molar-refractivity contribution in [2.75, 3.05) is 31.1 Å². The van der Waals surface area contributed by atoms with Gasteiger partial charge in [0.05, 0.1) is 18.4 Å². The van der Waals surface area contributed by atoms with Gasteiger partial charge < -0.3 is 10.2 Å². The Hall–Kier alpha value is -1.36. The largest absolute Gasteiger partial charge is 0.370 e. The molecular formula is C14H24N4O. The molecule has 19 heavy (non-hydrogen) atoms. The van der Waals surface area contributed by atoms with Crippen LogP contribution >= 0.6 is 0 Å². The van der Waals surface area contributed by atoms with Gasteiger partial charge in [-0.25, -0.2) is 4.68 Å². The predicted molar refractivity (Wildman–Crippen MR) is 77.7 cm³/mol. The maximum Gasteiger partial charge on any atom is 0.268 e. The molecule has 0 aromatic carbocycles. The van der Waals surface area contributed by atoms with Gasteiger partial charge in [-0.05, 0) is 25.3 Å². The van der Waals surface area contributed by atoms with Crippen molar-refractivity contribution >= 4 is 5.69 Å². The molecule has 1 aliphatic heterocycles. The number of likely N-dealkylation sites (N-methyl/N-ethyl adjacent to an activating group) is 1. The molecule has 0 saturated carbocycles. The molecule has 106 valence electrons. The van der Waals surface area contributed by atoms with Gasteiger partial charge in [-0.15, -0.1) is 0 Å². The van der Waals surface area contributed by atoms with E-state index in [0.29, 0.717) is 12.5 Å². The van der Waals surface area contributed by atoms with Crippen molar-refractivity contribution in [2.45, 2.75) is 33.2 Å². The minimum Gasteiger partial charge on any atom is -0.370 e. The fourth-order valence-electron chi connectivity index (χ4n) is 2.55. The van der Waals surface area contributed by atoms with E-state index in [9.17, 15) is 4.79 Å². The first-order valence-electron chi connectivity index (χ1n) is 7.23. The molecule has 1 aromatic heterocycles. The molecule has 1 N–H and O–H groups in total. The fraction of sp³-hybridized carbons (Fsp3) is 0.714. The third kappa shape index (κ3) is 3.80. The SMILES string of the molecule is CCNCCn1ncc(N2CCCC(C)C2)cc1=O. The number of piperidine rings is 1. The zero-order chi connectivity index (χ0) is 13.7. The maximum absolute atomic E-state index is 12.0. The Morgan fingerprint density at radius 3 is 3.05 bits per heavy atom. The van der Waals surface area contributed by atoms with Crippen LogP contribution in [-0.2, 0) is 6.54 Å². The van der Waals surface area contributed by atoms with Crippen LogP contribution in [0.2, 0.25) is 0 Å². The Morgan fingerprint density at radius 1 is 1.53 bits per heavy atom.